The summed E-state index contributed by atoms with van der Waals surface area (Å²) in [6.45, 7) is 0.364. The molecule has 0 N–H and O–H groups in total. The van der Waals surface area contributed by atoms with Crippen molar-refractivity contribution in [1.82, 2.24) is 0 Å². The molecule has 12 aromatic rings. The quantitative estimate of drug-likeness (QED) is 0.0197. The van der Waals surface area contributed by atoms with E-state index in [-0.39, 0.29) is 66.8 Å². The molecule has 147 heavy (non-hydrogen) atoms. The maximum atomic E-state index is 16.1. The lowest BCUT2D eigenvalue weighted by Crippen LogP contribution is -2.70. The predicted molar refractivity (Wildman–Crippen MR) is 513 cm³/mol. The van der Waals surface area contributed by atoms with Gasteiger partial charge in [-0.2, -0.15) is 0 Å². The molecule has 4 aliphatic heterocycles. The minimum absolute atomic E-state index is 0.0264. The Kier molecular flexibility index (Phi) is 35.3. The Morgan fingerprint density at radius 2 is 0.361 bits per heavy atom. The molecule has 0 amide bonds. The van der Waals surface area contributed by atoms with E-state index in [1.807, 2.05) is 0 Å². The fourth-order valence-electron chi connectivity index (χ4n) is 16.4. The standard InChI is InChI=1S/C113H96O34/c1-3-64-127-110-94(90(141-106(123)78-56-32-12-33-57-78)86(137-102(119)74-48-24-8-25-49-74)82(133-110)65-128-98(115)70-40-16-4-17-41-70)145-112-96(92(143-108(125)80-60-36-14-37-61-80)88(139-104(121)76-52-28-10-29-53-76)84(135-112)67-130-100(117)72-44-20-6-21-45-72)147-113-97(93(144-109(126)81-62-38-15-39-63-81)89(140-105(122)77-54-30-11-31-55-77)85(136-113)68-131-101(118)73-46-22-7-23-47-73)146-111-95(132-69(2)114)91(142-107(124)79-58-34-13-35-59-79)87(138-103(120)75-50-26-9-27-51-75)83(134-111)66-129-99(116)71-42-18-5-19-43-71/h3-63,82-97,110-113H,1,64-68H2,2H3/t82-,83-,84-,85-,86-,87-,88-,89-,90+,91+,92+,93+,94+,95+,96+,97+,110+,111-,112-,113-/m1/s1. The topological polar surface area (TPSA) is 416 Å². The van der Waals surface area contributed by atoms with Gasteiger partial charge in [0.25, 0.3) is 0 Å². The zero-order valence-electron chi connectivity index (χ0n) is 78.4. The molecule has 12 aromatic carbocycles. The fraction of sp³-hybridized carbons (Fsp3) is 0.230. The summed E-state index contributed by atoms with van der Waals surface area (Å²) in [6.07, 6.45) is -44.3. The normalized spacial score (nSPS) is 23.4. The Bertz CT molecular complexity index is 6470. The van der Waals surface area contributed by atoms with Crippen molar-refractivity contribution in [1.29, 1.82) is 0 Å². The molecule has 752 valence electrons. The highest BCUT2D eigenvalue weighted by Crippen LogP contribution is 2.43. The third-order valence-electron chi connectivity index (χ3n) is 23.5. The second kappa shape index (κ2) is 50.4. The van der Waals surface area contributed by atoms with E-state index in [1.165, 1.54) is 285 Å². The molecular formula is C113H96O34. The van der Waals surface area contributed by atoms with Gasteiger partial charge < -0.3 is 99.5 Å². The van der Waals surface area contributed by atoms with Gasteiger partial charge in [-0.05, 0) is 146 Å². The second-order valence-corrected chi connectivity index (χ2v) is 33.4. The first-order valence-corrected chi connectivity index (χ1v) is 46.6. The Labute approximate surface area is 841 Å². The maximum Gasteiger partial charge on any atom is 0.338 e. The van der Waals surface area contributed by atoms with E-state index in [2.05, 4.69) is 6.58 Å². The highest BCUT2D eigenvalue weighted by molar-refractivity contribution is 5.95. The summed E-state index contributed by atoms with van der Waals surface area (Å²) in [4.78, 5) is 197. The average Bonchev–Trinajstić information content (AvgIpc) is 0.744. The minimum Gasteiger partial charge on any atom is -0.459 e. The van der Waals surface area contributed by atoms with Gasteiger partial charge in [-0.25, -0.2) is 57.5 Å². The van der Waals surface area contributed by atoms with Crippen molar-refractivity contribution in [3.05, 3.63) is 443 Å². The van der Waals surface area contributed by atoms with Crippen molar-refractivity contribution >= 4 is 77.6 Å². The Balaban J connectivity index is 0.947. The SMILES string of the molecule is C=CCO[C@H]1O[C@H](COC(=O)c2ccccc2)[C@@H](OC(=O)c2ccccc2)[C@H](OC(=O)c2ccccc2)[C@@H]1O[C@H]1O[C@H](COC(=O)c2ccccc2)[C@@H](OC(=O)c2ccccc2)[C@H](OC(=O)c2ccccc2)[C@@H]1O[C@H]1O[C@H](COC(=O)c2ccccc2)[C@@H](OC(=O)c2ccccc2)[C@H](OC(=O)c2ccccc2)[C@@H]1O[C@H]1O[C@H](COC(=O)c2ccccc2)[C@@H](OC(=O)c2ccccc2)[C@H](OC(=O)c2ccccc2)[C@@H]1OC(C)=O. The number of rotatable bonds is 38. The van der Waals surface area contributed by atoms with Crippen LogP contribution in [0.3, 0.4) is 0 Å². The number of carbonyl (C=O) groups is 13. The molecule has 4 heterocycles. The van der Waals surface area contributed by atoms with Gasteiger partial charge in [-0.15, -0.1) is 6.58 Å². The number of carbonyl (C=O) groups excluding carboxylic acids is 13. The minimum atomic E-state index is -2.69. The van der Waals surface area contributed by atoms with Crippen LogP contribution in [-0.4, -0.2) is 233 Å². The lowest BCUT2D eigenvalue weighted by atomic mass is 9.94. The van der Waals surface area contributed by atoms with Crippen LogP contribution in [-0.2, 0) is 104 Å². The van der Waals surface area contributed by atoms with Crippen LogP contribution in [0.25, 0.3) is 0 Å². The molecule has 20 atom stereocenters. The Morgan fingerprint density at radius 1 is 0.204 bits per heavy atom. The smallest absolute Gasteiger partial charge is 0.338 e. The lowest BCUT2D eigenvalue weighted by molar-refractivity contribution is -0.403. The van der Waals surface area contributed by atoms with Crippen LogP contribution in [0.1, 0.15) is 131 Å². The van der Waals surface area contributed by atoms with Crippen molar-refractivity contribution < 1.29 is 162 Å². The summed E-state index contributed by atoms with van der Waals surface area (Å²) >= 11 is 0. The summed E-state index contributed by atoms with van der Waals surface area (Å²) in [5, 5.41) is 0. The molecule has 4 aliphatic rings. The van der Waals surface area contributed by atoms with E-state index in [1.54, 1.807) is 84.9 Å². The molecule has 4 fully saturated rings. The van der Waals surface area contributed by atoms with E-state index >= 15 is 38.4 Å². The zero-order chi connectivity index (χ0) is 102. The van der Waals surface area contributed by atoms with E-state index in [4.69, 9.17) is 99.5 Å². The molecule has 0 aliphatic carbocycles. The zero-order valence-corrected chi connectivity index (χ0v) is 78.4. The molecule has 34 heteroatoms. The van der Waals surface area contributed by atoms with Crippen LogP contribution in [0.15, 0.2) is 377 Å². The van der Waals surface area contributed by atoms with Crippen LogP contribution in [0.4, 0.5) is 0 Å². The van der Waals surface area contributed by atoms with Crippen LogP contribution < -0.4 is 0 Å². The van der Waals surface area contributed by atoms with E-state index in [9.17, 15) is 24.0 Å². The molecule has 0 radical (unpaired) electrons. The molecule has 0 spiro atoms. The number of benzene rings is 12. The van der Waals surface area contributed by atoms with Gasteiger partial charge in [0.05, 0.1) is 73.4 Å². The van der Waals surface area contributed by atoms with Crippen LogP contribution in [0, 0.1) is 0 Å². The fourth-order valence-corrected chi connectivity index (χ4v) is 16.4. The molecule has 34 nitrogen and oxygen atoms in total. The average molecular weight is 2000 g/mol. The van der Waals surface area contributed by atoms with Crippen LogP contribution in [0.2, 0.25) is 0 Å². The number of hydrogen-bond acceptors (Lipinski definition) is 34. The third-order valence-corrected chi connectivity index (χ3v) is 23.5. The number of hydrogen-bond donors (Lipinski definition) is 0. The van der Waals surface area contributed by atoms with E-state index in [0.29, 0.717) is 0 Å². The molecule has 0 saturated carbocycles. The van der Waals surface area contributed by atoms with E-state index in [0.717, 1.165) is 6.92 Å². The molecule has 0 bridgehead atoms. The highest BCUT2D eigenvalue weighted by Gasteiger charge is 2.63. The van der Waals surface area contributed by atoms with Crippen molar-refractivity contribution in [3.63, 3.8) is 0 Å². The van der Waals surface area contributed by atoms with Gasteiger partial charge in [0.15, 0.2) is 98.4 Å². The van der Waals surface area contributed by atoms with Gasteiger partial charge >= 0.3 is 77.6 Å². The summed E-state index contributed by atoms with van der Waals surface area (Å²) in [5.74, 6) is -14.8. The Hall–Kier alpha value is -16.8. The molecule has 0 unspecified atom stereocenters. The van der Waals surface area contributed by atoms with Crippen LogP contribution >= 0.6 is 0 Å². The summed E-state index contributed by atoms with van der Waals surface area (Å²) in [5.41, 5.74) is -1.39. The van der Waals surface area contributed by atoms with Gasteiger partial charge in [0, 0.05) is 6.92 Å². The first-order valence-electron chi connectivity index (χ1n) is 46.6. The van der Waals surface area contributed by atoms with Crippen LogP contribution in [0.5, 0.6) is 0 Å². The predicted octanol–water partition coefficient (Wildman–Crippen LogP) is 14.4. The summed E-state index contributed by atoms with van der Waals surface area (Å²) in [7, 11) is 0. The van der Waals surface area contributed by atoms with Crippen molar-refractivity contribution in [2.45, 2.75) is 130 Å². The number of esters is 13. The van der Waals surface area contributed by atoms with Crippen molar-refractivity contribution in [2.75, 3.05) is 33.0 Å². The van der Waals surface area contributed by atoms with Gasteiger partial charge in [0.1, 0.15) is 50.8 Å². The molecule has 0 aromatic heterocycles. The third kappa shape index (κ3) is 26.8. The molecule has 16 rings (SSSR count). The summed E-state index contributed by atoms with van der Waals surface area (Å²) < 4.78 is 142. The lowest BCUT2D eigenvalue weighted by Gasteiger charge is -2.51. The maximum absolute atomic E-state index is 16.1. The largest absolute Gasteiger partial charge is 0.459 e. The van der Waals surface area contributed by atoms with Crippen molar-refractivity contribution in [3.8, 4) is 0 Å². The highest BCUT2D eigenvalue weighted by atomic mass is 16.8. The van der Waals surface area contributed by atoms with E-state index < -0.39 is 233 Å². The summed E-state index contributed by atoms with van der Waals surface area (Å²) in [6, 6.07) is 88.6. The van der Waals surface area contributed by atoms with Gasteiger partial charge in [0.2, 0.25) is 0 Å². The monoisotopic (exact) mass is 2000 g/mol. The molecular weight excluding hydrogens is 1900 g/mol. The van der Waals surface area contributed by atoms with Gasteiger partial charge in [-0.1, -0.05) is 224 Å². The first-order chi connectivity index (χ1) is 71.7. The first kappa shape index (κ1) is 103. The second-order valence-electron chi connectivity index (χ2n) is 33.4. The molecule has 4 saturated heterocycles. The Morgan fingerprint density at radius 3 is 0.544 bits per heavy atom. The van der Waals surface area contributed by atoms with Gasteiger partial charge in [-0.3, -0.25) is 4.79 Å². The van der Waals surface area contributed by atoms with Crippen molar-refractivity contribution in [2.24, 2.45) is 0 Å². The number of ether oxygens (including phenoxy) is 21.